The minimum Gasteiger partial charge on any atom is -0.393 e. The first kappa shape index (κ1) is 12.2. The van der Waals surface area contributed by atoms with Crippen molar-refractivity contribution < 1.29 is 9.90 Å². The molecule has 5 nitrogen and oxygen atoms in total. The molecule has 1 aliphatic rings. The van der Waals surface area contributed by atoms with Crippen molar-refractivity contribution in [3.63, 3.8) is 0 Å². The van der Waals surface area contributed by atoms with Crippen molar-refractivity contribution in [1.29, 1.82) is 0 Å². The third-order valence-corrected chi connectivity index (χ3v) is 3.75. The van der Waals surface area contributed by atoms with E-state index in [-0.39, 0.29) is 12.0 Å². The summed E-state index contributed by atoms with van der Waals surface area (Å²) in [7, 11) is 1.81. The van der Waals surface area contributed by atoms with Crippen LogP contribution in [0.5, 0.6) is 0 Å². The molecular weight excluding hydrogens is 242 g/mol. The predicted octanol–water partition coefficient (Wildman–Crippen LogP) is 1.18. The van der Waals surface area contributed by atoms with Gasteiger partial charge in [0.05, 0.1) is 23.4 Å². The maximum Gasteiger partial charge on any atom is 0.257 e. The Bertz CT molecular complexity index is 602. The van der Waals surface area contributed by atoms with E-state index in [0.717, 1.165) is 18.4 Å². The molecule has 5 heteroatoms. The fourth-order valence-corrected chi connectivity index (χ4v) is 2.62. The molecule has 1 N–H and O–H groups in total. The van der Waals surface area contributed by atoms with Gasteiger partial charge in [-0.2, -0.15) is 5.10 Å². The molecule has 0 bridgehead atoms. The monoisotopic (exact) mass is 259 g/mol. The zero-order valence-corrected chi connectivity index (χ0v) is 10.9. The molecular formula is C14H17N3O2. The molecule has 0 spiro atoms. The summed E-state index contributed by atoms with van der Waals surface area (Å²) in [5, 5.41) is 13.5. The van der Waals surface area contributed by atoms with Crippen LogP contribution < -0.4 is 0 Å². The standard InChI is InChI=1S/C14H17N3O2/c1-16(9-10-6-11(18)7-10)14(19)12-8-15-17-5-3-2-4-13(12)17/h2-5,8,10-11,18H,6-7,9H2,1H3. The SMILES string of the molecule is CN(CC1CC(O)C1)C(=O)c1cnn2ccccc12. The van der Waals surface area contributed by atoms with Gasteiger partial charge in [-0.3, -0.25) is 4.79 Å². The molecule has 0 radical (unpaired) electrons. The Kier molecular flexibility index (Phi) is 2.98. The van der Waals surface area contributed by atoms with E-state index in [9.17, 15) is 9.90 Å². The number of carbonyl (C=O) groups is 1. The maximum atomic E-state index is 12.4. The third kappa shape index (κ3) is 2.21. The van der Waals surface area contributed by atoms with E-state index in [0.29, 0.717) is 18.0 Å². The number of hydrogen-bond acceptors (Lipinski definition) is 3. The van der Waals surface area contributed by atoms with Gasteiger partial charge in [0.25, 0.3) is 5.91 Å². The Hall–Kier alpha value is -1.88. The Morgan fingerprint density at radius 1 is 1.53 bits per heavy atom. The van der Waals surface area contributed by atoms with Crippen molar-refractivity contribution in [1.82, 2.24) is 14.5 Å². The Labute approximate surface area is 111 Å². The molecule has 1 aliphatic carbocycles. The zero-order valence-electron chi connectivity index (χ0n) is 10.9. The van der Waals surface area contributed by atoms with Crippen molar-refractivity contribution >= 4 is 11.4 Å². The number of aliphatic hydroxyl groups excluding tert-OH is 1. The second kappa shape index (κ2) is 4.66. The van der Waals surface area contributed by atoms with Gasteiger partial charge in [0, 0.05) is 19.8 Å². The van der Waals surface area contributed by atoms with Crippen LogP contribution in [0, 0.1) is 5.92 Å². The molecule has 2 heterocycles. The summed E-state index contributed by atoms with van der Waals surface area (Å²) in [6.45, 7) is 0.695. The Balaban J connectivity index is 1.75. The van der Waals surface area contributed by atoms with E-state index < -0.39 is 0 Å². The van der Waals surface area contributed by atoms with E-state index in [4.69, 9.17) is 0 Å². The number of hydrogen-bond donors (Lipinski definition) is 1. The second-order valence-electron chi connectivity index (χ2n) is 5.27. The van der Waals surface area contributed by atoms with Gasteiger partial charge in [-0.25, -0.2) is 4.52 Å². The number of fused-ring (bicyclic) bond motifs is 1. The summed E-state index contributed by atoms with van der Waals surface area (Å²) < 4.78 is 1.70. The summed E-state index contributed by atoms with van der Waals surface area (Å²) in [4.78, 5) is 14.1. The Morgan fingerprint density at radius 2 is 2.32 bits per heavy atom. The maximum absolute atomic E-state index is 12.4. The fourth-order valence-electron chi connectivity index (χ4n) is 2.62. The third-order valence-electron chi connectivity index (χ3n) is 3.75. The minimum atomic E-state index is -0.175. The normalized spacial score (nSPS) is 22.2. The number of aliphatic hydroxyl groups is 1. The smallest absolute Gasteiger partial charge is 0.257 e. The average molecular weight is 259 g/mol. The van der Waals surface area contributed by atoms with Crippen LogP contribution >= 0.6 is 0 Å². The van der Waals surface area contributed by atoms with Crippen molar-refractivity contribution in [2.75, 3.05) is 13.6 Å². The number of amides is 1. The van der Waals surface area contributed by atoms with Crippen LogP contribution in [0.1, 0.15) is 23.2 Å². The molecule has 3 rings (SSSR count). The zero-order chi connectivity index (χ0) is 13.4. The number of carbonyl (C=O) groups excluding carboxylic acids is 1. The van der Waals surface area contributed by atoms with Gasteiger partial charge in [-0.05, 0) is 30.9 Å². The molecule has 2 aromatic heterocycles. The highest BCUT2D eigenvalue weighted by Gasteiger charge is 2.29. The molecule has 1 saturated carbocycles. The number of aromatic nitrogens is 2. The van der Waals surface area contributed by atoms with Crippen LogP contribution in [-0.4, -0.2) is 45.2 Å². The van der Waals surface area contributed by atoms with Crippen molar-refractivity contribution in [2.45, 2.75) is 18.9 Å². The number of pyridine rings is 1. The number of rotatable bonds is 3. The van der Waals surface area contributed by atoms with E-state index in [1.807, 2.05) is 24.4 Å². The first-order valence-electron chi connectivity index (χ1n) is 6.51. The molecule has 0 unspecified atom stereocenters. The molecule has 1 fully saturated rings. The molecule has 19 heavy (non-hydrogen) atoms. The molecule has 0 aliphatic heterocycles. The average Bonchev–Trinajstić information content (AvgIpc) is 2.79. The van der Waals surface area contributed by atoms with Crippen molar-refractivity contribution in [3.8, 4) is 0 Å². The summed E-state index contributed by atoms with van der Waals surface area (Å²) in [6, 6.07) is 5.67. The lowest BCUT2D eigenvalue weighted by molar-refractivity contribution is 0.0266. The molecule has 0 aromatic carbocycles. The highest BCUT2D eigenvalue weighted by molar-refractivity contribution is 6.00. The van der Waals surface area contributed by atoms with E-state index in [2.05, 4.69) is 5.10 Å². The van der Waals surface area contributed by atoms with Gasteiger partial charge in [-0.1, -0.05) is 6.07 Å². The molecule has 100 valence electrons. The minimum absolute atomic E-state index is 0.0115. The topological polar surface area (TPSA) is 57.8 Å². The van der Waals surface area contributed by atoms with Gasteiger partial charge >= 0.3 is 0 Å². The van der Waals surface area contributed by atoms with Crippen LogP contribution in [0.25, 0.3) is 5.52 Å². The first-order valence-corrected chi connectivity index (χ1v) is 6.51. The van der Waals surface area contributed by atoms with Gasteiger partial charge < -0.3 is 10.0 Å². The Morgan fingerprint density at radius 3 is 3.05 bits per heavy atom. The molecule has 0 saturated heterocycles. The highest BCUT2D eigenvalue weighted by Crippen LogP contribution is 2.28. The van der Waals surface area contributed by atoms with Crippen LogP contribution in [-0.2, 0) is 0 Å². The molecule has 0 atom stereocenters. The van der Waals surface area contributed by atoms with Crippen LogP contribution in [0.15, 0.2) is 30.6 Å². The van der Waals surface area contributed by atoms with Gasteiger partial charge in [0.1, 0.15) is 0 Å². The van der Waals surface area contributed by atoms with Crippen LogP contribution in [0.2, 0.25) is 0 Å². The van der Waals surface area contributed by atoms with E-state index in [1.54, 1.807) is 22.7 Å². The quantitative estimate of drug-likeness (QED) is 0.900. The summed E-state index contributed by atoms with van der Waals surface area (Å²) in [5.74, 6) is 0.411. The second-order valence-corrected chi connectivity index (χ2v) is 5.27. The highest BCUT2D eigenvalue weighted by atomic mass is 16.3. The van der Waals surface area contributed by atoms with E-state index in [1.165, 1.54) is 0 Å². The largest absolute Gasteiger partial charge is 0.393 e. The van der Waals surface area contributed by atoms with Gasteiger partial charge in [0.2, 0.25) is 0 Å². The van der Waals surface area contributed by atoms with Gasteiger partial charge in [0.15, 0.2) is 0 Å². The van der Waals surface area contributed by atoms with E-state index >= 15 is 0 Å². The first-order chi connectivity index (χ1) is 9.15. The molecule has 2 aromatic rings. The lowest BCUT2D eigenvalue weighted by Gasteiger charge is -2.34. The van der Waals surface area contributed by atoms with Crippen molar-refractivity contribution in [2.24, 2.45) is 5.92 Å². The number of nitrogens with zero attached hydrogens (tertiary/aromatic N) is 3. The fraction of sp³-hybridized carbons (Fsp3) is 0.429. The lowest BCUT2D eigenvalue weighted by Crippen LogP contribution is -2.39. The predicted molar refractivity (Wildman–Crippen MR) is 70.9 cm³/mol. The summed E-state index contributed by atoms with van der Waals surface area (Å²) in [5.41, 5.74) is 1.45. The van der Waals surface area contributed by atoms with Crippen LogP contribution in [0.3, 0.4) is 0 Å². The van der Waals surface area contributed by atoms with Crippen molar-refractivity contribution in [3.05, 3.63) is 36.2 Å². The van der Waals surface area contributed by atoms with Gasteiger partial charge in [-0.15, -0.1) is 0 Å². The summed E-state index contributed by atoms with van der Waals surface area (Å²) in [6.07, 6.45) is 4.86. The van der Waals surface area contributed by atoms with Crippen LogP contribution in [0.4, 0.5) is 0 Å². The lowest BCUT2D eigenvalue weighted by atomic mass is 9.82. The molecule has 1 amide bonds. The summed E-state index contributed by atoms with van der Waals surface area (Å²) >= 11 is 0.